The third kappa shape index (κ3) is 18.0. The van der Waals surface area contributed by atoms with Gasteiger partial charge in [0.25, 0.3) is 0 Å². The number of esters is 1. The van der Waals surface area contributed by atoms with Gasteiger partial charge in [-0.3, -0.25) is 0 Å². The molecule has 0 aromatic carbocycles. The Morgan fingerprint density at radius 2 is 1.67 bits per heavy atom. The third-order valence-corrected chi connectivity index (χ3v) is 3.47. The maximum atomic E-state index is 11.9. The molecule has 174 valence electrons. The van der Waals surface area contributed by atoms with Crippen molar-refractivity contribution < 1.29 is 42.8 Å². The van der Waals surface area contributed by atoms with Crippen LogP contribution in [0.2, 0.25) is 0 Å². The Labute approximate surface area is 182 Å². The number of methoxy groups -OCH3 is 1. The molecule has 0 bridgehead atoms. The average molecular weight is 453 g/mol. The van der Waals surface area contributed by atoms with E-state index in [1.54, 1.807) is 0 Å². The number of hydrogen-bond donors (Lipinski definition) is 3. The van der Waals surface area contributed by atoms with Crippen molar-refractivity contribution in [1.29, 1.82) is 0 Å². The molecule has 12 heteroatoms. The van der Waals surface area contributed by atoms with Crippen LogP contribution in [0, 0.1) is 0 Å². The maximum Gasteiger partial charge on any atom is 0.407 e. The van der Waals surface area contributed by atoms with E-state index in [1.165, 1.54) is 7.11 Å². The van der Waals surface area contributed by atoms with Gasteiger partial charge in [0.15, 0.2) is 6.10 Å². The molecule has 0 aliphatic rings. The van der Waals surface area contributed by atoms with Crippen molar-refractivity contribution in [1.82, 2.24) is 10.6 Å². The molecule has 0 fully saturated rings. The summed E-state index contributed by atoms with van der Waals surface area (Å²) in [5.41, 5.74) is 0. The lowest BCUT2D eigenvalue weighted by molar-refractivity contribution is -0.139. The molecule has 0 spiro atoms. The summed E-state index contributed by atoms with van der Waals surface area (Å²) in [7, 11) is 1.51. The first-order valence-corrected chi connectivity index (χ1v) is 10.1. The van der Waals surface area contributed by atoms with Crippen LogP contribution < -0.4 is 10.6 Å². The van der Waals surface area contributed by atoms with Gasteiger partial charge >= 0.3 is 18.2 Å². The molecule has 0 radical (unpaired) electrons. The smallest absolute Gasteiger partial charge is 0.407 e. The van der Waals surface area contributed by atoms with E-state index < -0.39 is 24.3 Å². The van der Waals surface area contributed by atoms with E-state index in [0.717, 1.165) is 12.5 Å². The fraction of sp³-hybridized carbons (Fsp3) is 0.722. The van der Waals surface area contributed by atoms with Crippen LogP contribution in [-0.4, -0.2) is 96.5 Å². The highest BCUT2D eigenvalue weighted by Gasteiger charge is 2.17. The van der Waals surface area contributed by atoms with Crippen molar-refractivity contribution in [3.63, 3.8) is 0 Å². The van der Waals surface area contributed by atoms with Crippen LogP contribution in [0.25, 0.3) is 0 Å². The maximum absolute atomic E-state index is 11.9. The summed E-state index contributed by atoms with van der Waals surface area (Å²) in [6.45, 7) is 4.91. The summed E-state index contributed by atoms with van der Waals surface area (Å²) < 4.78 is 30.4. The Kier molecular flexibility index (Phi) is 18.9. The molecule has 0 heterocycles. The number of amides is 2. The molecular weight excluding hydrogens is 420 g/mol. The summed E-state index contributed by atoms with van der Waals surface area (Å²) >= 11 is 4.09. The van der Waals surface area contributed by atoms with Crippen LogP contribution in [0.1, 0.15) is 6.42 Å². The molecule has 11 nitrogen and oxygen atoms in total. The minimum atomic E-state index is -0.780. The fourth-order valence-corrected chi connectivity index (χ4v) is 1.88. The van der Waals surface area contributed by atoms with Crippen molar-refractivity contribution in [2.24, 2.45) is 0 Å². The highest BCUT2D eigenvalue weighted by atomic mass is 32.1. The second-order valence-electron chi connectivity index (χ2n) is 5.61. The first-order valence-electron chi connectivity index (χ1n) is 9.43. The van der Waals surface area contributed by atoms with E-state index in [2.05, 4.69) is 29.8 Å². The van der Waals surface area contributed by atoms with Crippen molar-refractivity contribution in [3.05, 3.63) is 12.7 Å². The monoisotopic (exact) mass is 452 g/mol. The first-order chi connectivity index (χ1) is 14.5. The topological polar surface area (TPSA) is 131 Å². The zero-order chi connectivity index (χ0) is 22.5. The number of ether oxygens (including phenoxy) is 6. The summed E-state index contributed by atoms with van der Waals surface area (Å²) in [6.07, 6.45) is -0.342. The largest absolute Gasteiger partial charge is 0.460 e. The highest BCUT2D eigenvalue weighted by Crippen LogP contribution is 1.98. The third-order valence-electron chi connectivity index (χ3n) is 3.15. The second kappa shape index (κ2) is 20.3. The lowest BCUT2D eigenvalue weighted by atomic mass is 10.4. The fourth-order valence-electron chi connectivity index (χ4n) is 1.75. The number of carbonyl (C=O) groups is 3. The minimum absolute atomic E-state index is 0.0672. The Bertz CT molecular complexity index is 494. The molecule has 0 aliphatic heterocycles. The van der Waals surface area contributed by atoms with Gasteiger partial charge in [0.2, 0.25) is 0 Å². The quantitative estimate of drug-likeness (QED) is 0.0896. The number of rotatable bonds is 18. The number of hydrogen-bond acceptors (Lipinski definition) is 10. The van der Waals surface area contributed by atoms with E-state index in [0.29, 0.717) is 25.5 Å². The van der Waals surface area contributed by atoms with Crippen molar-refractivity contribution in [2.45, 2.75) is 12.5 Å². The van der Waals surface area contributed by atoms with Gasteiger partial charge in [-0.15, -0.1) is 0 Å². The highest BCUT2D eigenvalue weighted by molar-refractivity contribution is 7.80. The number of nitrogens with one attached hydrogen (secondary N) is 2. The van der Waals surface area contributed by atoms with Crippen molar-refractivity contribution >= 4 is 30.8 Å². The lowest BCUT2D eigenvalue weighted by Crippen LogP contribution is -2.37. The van der Waals surface area contributed by atoms with Crippen molar-refractivity contribution in [3.8, 4) is 0 Å². The van der Waals surface area contributed by atoms with Crippen LogP contribution in [0.15, 0.2) is 12.7 Å². The second-order valence-corrected chi connectivity index (χ2v) is 6.06. The van der Waals surface area contributed by atoms with E-state index >= 15 is 0 Å². The standard InChI is InChI=1S/C18H32N2O9S/c1-3-16(21)27-11-10-25-9-6-20-18(23)29-15(13-26-7-4-12-30)14-28-17(22)19-5-8-24-2/h3,15,30H,1,4-14H2,2H3,(H,19,22)(H,20,23). The Morgan fingerprint density at radius 3 is 2.37 bits per heavy atom. The number of alkyl carbamates (subject to hydrolysis) is 2. The summed E-state index contributed by atoms with van der Waals surface area (Å²) in [5.74, 6) is 0.134. The minimum Gasteiger partial charge on any atom is -0.460 e. The lowest BCUT2D eigenvalue weighted by Gasteiger charge is -2.18. The molecule has 0 aliphatic carbocycles. The van der Waals surface area contributed by atoms with Gasteiger partial charge in [0, 0.05) is 32.9 Å². The molecule has 1 unspecified atom stereocenters. The van der Waals surface area contributed by atoms with Gasteiger partial charge in [-0.2, -0.15) is 12.6 Å². The van der Waals surface area contributed by atoms with Gasteiger partial charge < -0.3 is 39.1 Å². The van der Waals surface area contributed by atoms with Gasteiger partial charge in [-0.25, -0.2) is 14.4 Å². The number of carbonyl (C=O) groups excluding carboxylic acids is 3. The molecule has 0 rings (SSSR count). The van der Waals surface area contributed by atoms with Gasteiger partial charge in [-0.05, 0) is 12.2 Å². The molecule has 1 atom stereocenters. The molecule has 30 heavy (non-hydrogen) atoms. The van der Waals surface area contributed by atoms with E-state index in [1.807, 2.05) is 0 Å². The Balaban J connectivity index is 4.10. The molecule has 0 aromatic rings. The van der Waals surface area contributed by atoms with Crippen LogP contribution in [0.5, 0.6) is 0 Å². The Hall–Kier alpha value is -2.02. The summed E-state index contributed by atoms with van der Waals surface area (Å²) in [6, 6.07) is 0. The van der Waals surface area contributed by atoms with E-state index in [4.69, 9.17) is 28.4 Å². The molecule has 0 saturated heterocycles. The SMILES string of the molecule is C=CC(=O)OCCOCCNC(=O)OC(COCCCS)COC(=O)NCCOC. The first kappa shape index (κ1) is 28.0. The normalized spacial score (nSPS) is 11.3. The molecule has 0 aromatic heterocycles. The van der Waals surface area contributed by atoms with Gasteiger partial charge in [0.05, 0.1) is 26.4 Å². The molecular formula is C18H32N2O9S. The summed E-state index contributed by atoms with van der Waals surface area (Å²) in [5, 5.41) is 5.00. The Morgan fingerprint density at radius 1 is 0.933 bits per heavy atom. The summed E-state index contributed by atoms with van der Waals surface area (Å²) in [4.78, 5) is 34.3. The van der Waals surface area contributed by atoms with Crippen LogP contribution >= 0.6 is 12.6 Å². The van der Waals surface area contributed by atoms with Crippen LogP contribution in [-0.2, 0) is 33.2 Å². The van der Waals surface area contributed by atoms with Crippen molar-refractivity contribution in [2.75, 3.05) is 72.2 Å². The van der Waals surface area contributed by atoms with Gasteiger partial charge in [-0.1, -0.05) is 6.58 Å². The average Bonchev–Trinajstić information content (AvgIpc) is 2.74. The predicted molar refractivity (Wildman–Crippen MR) is 111 cm³/mol. The molecule has 2 N–H and O–H groups in total. The predicted octanol–water partition coefficient (Wildman–Crippen LogP) is 0.536. The van der Waals surface area contributed by atoms with Crippen LogP contribution in [0.3, 0.4) is 0 Å². The van der Waals surface area contributed by atoms with Crippen LogP contribution in [0.4, 0.5) is 9.59 Å². The van der Waals surface area contributed by atoms with E-state index in [-0.39, 0.29) is 39.6 Å². The molecule has 0 saturated carbocycles. The van der Waals surface area contributed by atoms with E-state index in [9.17, 15) is 14.4 Å². The zero-order valence-electron chi connectivity index (χ0n) is 17.3. The zero-order valence-corrected chi connectivity index (χ0v) is 18.2. The number of thiol groups is 1. The van der Waals surface area contributed by atoms with Gasteiger partial charge in [0.1, 0.15) is 13.2 Å². The molecule has 2 amide bonds.